The van der Waals surface area contributed by atoms with Gasteiger partial charge in [0, 0.05) is 11.1 Å². The maximum Gasteiger partial charge on any atom is 0.341 e. The van der Waals surface area contributed by atoms with E-state index >= 15 is 0 Å². The minimum Gasteiger partial charge on any atom is -0.493 e. The number of para-hydroxylation sites is 1. The molecule has 2 heterocycles. The number of carbonyl (C=O) groups excluding carboxylic acids is 2. The summed E-state index contributed by atoms with van der Waals surface area (Å²) in [6, 6.07) is 6.94. The largest absolute Gasteiger partial charge is 0.493 e. The molecule has 0 saturated heterocycles. The number of hydrogen-bond acceptors (Lipinski definition) is 8. The number of benzene rings is 1. The molecule has 1 N–H and O–H groups in total. The summed E-state index contributed by atoms with van der Waals surface area (Å²) in [5.41, 5.74) is 1.69. The Bertz CT molecular complexity index is 1210. The number of aryl methyl sites for hydroxylation is 1. The molecule has 0 radical (unpaired) electrons. The van der Waals surface area contributed by atoms with Gasteiger partial charge in [0.1, 0.15) is 5.00 Å². The first-order valence-electron chi connectivity index (χ1n) is 12.0. The molecule has 1 atom stereocenters. The predicted octanol–water partition coefficient (Wildman–Crippen LogP) is 5.08. The Kier molecular flexibility index (Phi) is 8.14. The van der Waals surface area contributed by atoms with Crippen LogP contribution in [-0.4, -0.2) is 42.0 Å². The van der Waals surface area contributed by atoms with Crippen LogP contribution in [0.5, 0.6) is 17.2 Å². The summed E-state index contributed by atoms with van der Waals surface area (Å²) in [5.74, 6) is 0.706. The van der Waals surface area contributed by atoms with Crippen LogP contribution in [0.3, 0.4) is 0 Å². The van der Waals surface area contributed by atoms with E-state index in [0.717, 1.165) is 42.5 Å². The molecule has 4 rings (SSSR count). The quantitative estimate of drug-likeness (QED) is 0.377. The van der Waals surface area contributed by atoms with Gasteiger partial charge in [-0.2, -0.15) is 5.10 Å². The van der Waals surface area contributed by atoms with Crippen molar-refractivity contribution in [2.45, 2.75) is 58.8 Å². The molecule has 0 saturated carbocycles. The van der Waals surface area contributed by atoms with E-state index in [0.29, 0.717) is 27.8 Å². The Morgan fingerprint density at radius 1 is 1.14 bits per heavy atom. The standard InChI is InChI=1S/C26H31N3O6S/c1-5-16(2)35-26(31)22-17-9-6-7-12-21(17)36-25(22)27-24(30)18-13-14-29(28-18)15-34-23-19(32-3)10-8-11-20(23)33-4/h8,10-11,13-14,16H,5-7,9,12,15H2,1-4H3,(H,27,30). The Labute approximate surface area is 214 Å². The fraction of sp³-hybridized carbons (Fsp3) is 0.423. The maximum absolute atomic E-state index is 13.1. The monoisotopic (exact) mass is 513 g/mol. The van der Waals surface area contributed by atoms with Crippen molar-refractivity contribution >= 4 is 28.2 Å². The van der Waals surface area contributed by atoms with Gasteiger partial charge in [-0.3, -0.25) is 4.79 Å². The Hall–Kier alpha value is -3.53. The van der Waals surface area contributed by atoms with Crippen LogP contribution in [0.1, 0.15) is 64.4 Å². The summed E-state index contributed by atoms with van der Waals surface area (Å²) in [5, 5.41) is 7.76. The third-order valence-electron chi connectivity index (χ3n) is 6.08. The van der Waals surface area contributed by atoms with Crippen molar-refractivity contribution in [3.05, 3.63) is 52.2 Å². The molecule has 1 aliphatic carbocycles. The van der Waals surface area contributed by atoms with Crippen LogP contribution in [0.2, 0.25) is 0 Å². The molecular weight excluding hydrogens is 482 g/mol. The predicted molar refractivity (Wildman–Crippen MR) is 136 cm³/mol. The van der Waals surface area contributed by atoms with Gasteiger partial charge in [0.15, 0.2) is 23.9 Å². The molecule has 0 aliphatic heterocycles. The molecule has 1 aromatic carbocycles. The van der Waals surface area contributed by atoms with Gasteiger partial charge >= 0.3 is 5.97 Å². The Morgan fingerprint density at radius 2 is 1.86 bits per heavy atom. The van der Waals surface area contributed by atoms with E-state index in [1.165, 1.54) is 16.0 Å². The summed E-state index contributed by atoms with van der Waals surface area (Å²) >= 11 is 1.45. The molecule has 192 valence electrons. The number of carbonyl (C=O) groups is 2. The van der Waals surface area contributed by atoms with E-state index in [1.54, 1.807) is 44.7 Å². The normalized spacial score (nSPS) is 13.4. The highest BCUT2D eigenvalue weighted by atomic mass is 32.1. The van der Waals surface area contributed by atoms with Crippen molar-refractivity contribution in [1.29, 1.82) is 0 Å². The van der Waals surface area contributed by atoms with Gasteiger partial charge in [0.25, 0.3) is 5.91 Å². The zero-order valence-corrected chi connectivity index (χ0v) is 21.8. The first-order chi connectivity index (χ1) is 17.4. The molecule has 2 aromatic heterocycles. The zero-order chi connectivity index (χ0) is 25.7. The second kappa shape index (κ2) is 11.5. The lowest BCUT2D eigenvalue weighted by molar-refractivity contribution is 0.0335. The fourth-order valence-corrected chi connectivity index (χ4v) is 5.28. The fourth-order valence-electron chi connectivity index (χ4n) is 4.01. The van der Waals surface area contributed by atoms with Crippen LogP contribution in [0.25, 0.3) is 0 Å². The lowest BCUT2D eigenvalue weighted by atomic mass is 9.95. The third kappa shape index (κ3) is 5.48. The number of amides is 1. The van der Waals surface area contributed by atoms with Crippen molar-refractivity contribution in [3.8, 4) is 17.2 Å². The first-order valence-corrected chi connectivity index (χ1v) is 12.8. The van der Waals surface area contributed by atoms with E-state index < -0.39 is 5.91 Å². The van der Waals surface area contributed by atoms with Crippen LogP contribution in [0.4, 0.5) is 5.00 Å². The van der Waals surface area contributed by atoms with Crippen LogP contribution in [-0.2, 0) is 24.3 Å². The van der Waals surface area contributed by atoms with Crippen LogP contribution in [0.15, 0.2) is 30.5 Å². The Morgan fingerprint density at radius 3 is 2.56 bits per heavy atom. The van der Waals surface area contributed by atoms with Crippen molar-refractivity contribution in [2.75, 3.05) is 19.5 Å². The van der Waals surface area contributed by atoms with Gasteiger partial charge in [-0.1, -0.05) is 13.0 Å². The maximum atomic E-state index is 13.1. The SMILES string of the molecule is CCC(C)OC(=O)c1c(NC(=O)c2ccn(COc3c(OC)cccc3OC)n2)sc2c1CCCC2. The average Bonchev–Trinajstić information content (AvgIpc) is 3.51. The van der Waals surface area contributed by atoms with Gasteiger partial charge in [0.05, 0.1) is 25.9 Å². The molecule has 36 heavy (non-hydrogen) atoms. The topological polar surface area (TPSA) is 101 Å². The zero-order valence-electron chi connectivity index (χ0n) is 21.0. The third-order valence-corrected chi connectivity index (χ3v) is 7.29. The average molecular weight is 514 g/mol. The smallest absolute Gasteiger partial charge is 0.341 e. The summed E-state index contributed by atoms with van der Waals surface area (Å²) in [4.78, 5) is 27.2. The van der Waals surface area contributed by atoms with Gasteiger partial charge < -0.3 is 24.3 Å². The number of rotatable bonds is 10. The number of nitrogens with zero attached hydrogens (tertiary/aromatic N) is 2. The number of thiophene rings is 1. The first kappa shape index (κ1) is 25.6. The summed E-state index contributed by atoms with van der Waals surface area (Å²) in [6.45, 7) is 3.88. The molecule has 1 aliphatic rings. The van der Waals surface area contributed by atoms with E-state index in [9.17, 15) is 9.59 Å². The molecular formula is C26H31N3O6S. The number of hydrogen-bond donors (Lipinski definition) is 1. The molecule has 10 heteroatoms. The molecule has 1 unspecified atom stereocenters. The van der Waals surface area contributed by atoms with E-state index in [1.807, 2.05) is 13.8 Å². The number of esters is 1. The second-order valence-corrected chi connectivity index (χ2v) is 9.60. The highest BCUT2D eigenvalue weighted by Gasteiger charge is 2.28. The molecule has 9 nitrogen and oxygen atoms in total. The number of fused-ring (bicyclic) bond motifs is 1. The summed E-state index contributed by atoms with van der Waals surface area (Å²) in [6.07, 6.45) is 5.97. The molecule has 3 aromatic rings. The minimum atomic E-state index is -0.403. The van der Waals surface area contributed by atoms with Gasteiger partial charge in [-0.25, -0.2) is 9.48 Å². The Balaban J connectivity index is 1.49. The lowest BCUT2D eigenvalue weighted by Gasteiger charge is -2.15. The highest BCUT2D eigenvalue weighted by Crippen LogP contribution is 2.39. The van der Waals surface area contributed by atoms with Gasteiger partial charge in [-0.05, 0) is 62.8 Å². The van der Waals surface area contributed by atoms with Crippen molar-refractivity contribution in [1.82, 2.24) is 9.78 Å². The lowest BCUT2D eigenvalue weighted by Crippen LogP contribution is -2.19. The highest BCUT2D eigenvalue weighted by molar-refractivity contribution is 7.17. The van der Waals surface area contributed by atoms with Gasteiger partial charge in [-0.15, -0.1) is 11.3 Å². The number of methoxy groups -OCH3 is 2. The number of anilines is 1. The van der Waals surface area contributed by atoms with Crippen molar-refractivity contribution in [3.63, 3.8) is 0 Å². The molecule has 0 fully saturated rings. The minimum absolute atomic E-state index is 0.0454. The van der Waals surface area contributed by atoms with Gasteiger partial charge in [0.2, 0.25) is 5.75 Å². The second-order valence-electron chi connectivity index (χ2n) is 8.50. The molecule has 0 bridgehead atoms. The van der Waals surface area contributed by atoms with E-state index in [-0.39, 0.29) is 24.5 Å². The number of ether oxygens (including phenoxy) is 4. The van der Waals surface area contributed by atoms with Crippen LogP contribution >= 0.6 is 11.3 Å². The molecule has 1 amide bonds. The molecule has 0 spiro atoms. The van der Waals surface area contributed by atoms with Crippen molar-refractivity contribution in [2.24, 2.45) is 0 Å². The van der Waals surface area contributed by atoms with Crippen LogP contribution in [0, 0.1) is 0 Å². The van der Waals surface area contributed by atoms with Crippen LogP contribution < -0.4 is 19.5 Å². The van der Waals surface area contributed by atoms with Crippen molar-refractivity contribution < 1.29 is 28.5 Å². The van der Waals surface area contributed by atoms with E-state index in [2.05, 4.69) is 10.4 Å². The number of nitrogens with one attached hydrogen (secondary N) is 1. The van der Waals surface area contributed by atoms with E-state index in [4.69, 9.17) is 18.9 Å². The summed E-state index contributed by atoms with van der Waals surface area (Å²) < 4.78 is 23.7. The summed E-state index contributed by atoms with van der Waals surface area (Å²) in [7, 11) is 3.10. The number of aromatic nitrogens is 2.